The third-order valence-electron chi connectivity index (χ3n) is 1.71. The zero-order chi connectivity index (χ0) is 9.56. The first-order valence-corrected chi connectivity index (χ1v) is 4.55. The van der Waals surface area contributed by atoms with Gasteiger partial charge in [-0.3, -0.25) is 4.79 Å². The van der Waals surface area contributed by atoms with Gasteiger partial charge >= 0.3 is 5.97 Å². The molecule has 2 nitrogen and oxygen atoms in total. The maximum absolute atomic E-state index is 11.1. The van der Waals surface area contributed by atoms with Crippen molar-refractivity contribution in [2.45, 2.75) is 46.6 Å². The number of hydrogen-bond donors (Lipinski definition) is 0. The van der Waals surface area contributed by atoms with E-state index in [1.165, 1.54) is 0 Å². The molecule has 1 radical (unpaired) electrons. The third-order valence-corrected chi connectivity index (χ3v) is 1.71. The van der Waals surface area contributed by atoms with Gasteiger partial charge in [0.2, 0.25) is 0 Å². The van der Waals surface area contributed by atoms with Crippen LogP contribution in [-0.2, 0) is 9.53 Å². The molecule has 0 heterocycles. The van der Waals surface area contributed by atoms with Crippen LogP contribution < -0.4 is 0 Å². The third kappa shape index (κ3) is 6.20. The first kappa shape index (κ1) is 11.5. The van der Waals surface area contributed by atoms with Crippen molar-refractivity contribution in [2.24, 2.45) is 5.92 Å². The Morgan fingerprint density at radius 2 is 2.00 bits per heavy atom. The van der Waals surface area contributed by atoms with Gasteiger partial charge in [-0.25, -0.2) is 0 Å². The largest absolute Gasteiger partial charge is 0.462 e. The van der Waals surface area contributed by atoms with E-state index in [-0.39, 0.29) is 12.1 Å². The molecule has 0 aliphatic carbocycles. The second-order valence-electron chi connectivity index (χ2n) is 3.46. The van der Waals surface area contributed by atoms with Crippen LogP contribution in [0.25, 0.3) is 0 Å². The standard InChI is InChI=1S/C10H19O2/c1-5-9(4)12-10(11)7-6-8(2)3/h5,8-9H,6-7H2,1-4H3. The average molecular weight is 171 g/mol. The fourth-order valence-electron chi connectivity index (χ4n) is 0.741. The van der Waals surface area contributed by atoms with E-state index in [2.05, 4.69) is 13.8 Å². The number of ether oxygens (including phenoxy) is 1. The van der Waals surface area contributed by atoms with E-state index in [4.69, 9.17) is 4.74 Å². The Kier molecular flexibility index (Phi) is 5.77. The van der Waals surface area contributed by atoms with Crippen LogP contribution in [0.1, 0.15) is 40.5 Å². The molecule has 0 saturated heterocycles. The van der Waals surface area contributed by atoms with E-state index in [0.29, 0.717) is 12.3 Å². The molecule has 1 atom stereocenters. The van der Waals surface area contributed by atoms with Gasteiger partial charge in [-0.1, -0.05) is 20.8 Å². The van der Waals surface area contributed by atoms with Crippen LogP contribution >= 0.6 is 0 Å². The summed E-state index contributed by atoms with van der Waals surface area (Å²) in [6.07, 6.45) is 3.27. The first-order valence-electron chi connectivity index (χ1n) is 4.55. The molecule has 1 unspecified atom stereocenters. The van der Waals surface area contributed by atoms with Crippen LogP contribution in [0.2, 0.25) is 0 Å². The highest BCUT2D eigenvalue weighted by Gasteiger charge is 2.07. The lowest BCUT2D eigenvalue weighted by Crippen LogP contribution is -2.14. The Balaban J connectivity index is 3.46. The fraction of sp³-hybridized carbons (Fsp3) is 0.800. The van der Waals surface area contributed by atoms with E-state index in [1.807, 2.05) is 20.3 Å². The van der Waals surface area contributed by atoms with Gasteiger partial charge in [0, 0.05) is 6.42 Å². The molecule has 71 valence electrons. The molecule has 0 amide bonds. The predicted octanol–water partition coefficient (Wildman–Crippen LogP) is 2.58. The Bertz CT molecular complexity index is 130. The van der Waals surface area contributed by atoms with Gasteiger partial charge in [-0.15, -0.1) is 0 Å². The van der Waals surface area contributed by atoms with Crippen molar-refractivity contribution in [3.63, 3.8) is 0 Å². The van der Waals surface area contributed by atoms with E-state index < -0.39 is 0 Å². The zero-order valence-electron chi connectivity index (χ0n) is 8.46. The lowest BCUT2D eigenvalue weighted by Gasteiger charge is -2.10. The quantitative estimate of drug-likeness (QED) is 0.594. The molecule has 0 saturated carbocycles. The summed E-state index contributed by atoms with van der Waals surface area (Å²) in [7, 11) is 0. The number of carbonyl (C=O) groups is 1. The molecule has 0 aromatic heterocycles. The molecule has 0 bridgehead atoms. The van der Waals surface area contributed by atoms with E-state index in [0.717, 1.165) is 6.42 Å². The number of rotatable bonds is 5. The number of carbonyl (C=O) groups excluding carboxylic acids is 1. The maximum Gasteiger partial charge on any atom is 0.306 e. The molecule has 0 spiro atoms. The van der Waals surface area contributed by atoms with Gasteiger partial charge in [0.1, 0.15) is 6.10 Å². The summed E-state index contributed by atoms with van der Waals surface area (Å²) in [6, 6.07) is 0. The molecular formula is C10H19O2. The van der Waals surface area contributed by atoms with E-state index >= 15 is 0 Å². The van der Waals surface area contributed by atoms with Crippen LogP contribution in [-0.4, -0.2) is 12.1 Å². The van der Waals surface area contributed by atoms with Gasteiger partial charge in [-0.2, -0.15) is 0 Å². The van der Waals surface area contributed by atoms with Crippen LogP contribution in [0.3, 0.4) is 0 Å². The molecule has 0 aromatic rings. The van der Waals surface area contributed by atoms with Crippen molar-refractivity contribution >= 4 is 5.97 Å². The second kappa shape index (κ2) is 6.04. The van der Waals surface area contributed by atoms with Crippen molar-refractivity contribution in [1.29, 1.82) is 0 Å². The van der Waals surface area contributed by atoms with Crippen molar-refractivity contribution in [1.82, 2.24) is 0 Å². The molecular weight excluding hydrogens is 152 g/mol. The number of esters is 1. The van der Waals surface area contributed by atoms with Gasteiger partial charge in [0.05, 0.1) is 0 Å². The Labute approximate surface area is 75.3 Å². The first-order chi connectivity index (χ1) is 5.56. The minimum Gasteiger partial charge on any atom is -0.462 e. The summed E-state index contributed by atoms with van der Waals surface area (Å²) in [5, 5.41) is 0. The van der Waals surface area contributed by atoms with Crippen molar-refractivity contribution in [3.8, 4) is 0 Å². The van der Waals surface area contributed by atoms with Gasteiger partial charge in [0.25, 0.3) is 0 Å². The summed E-state index contributed by atoms with van der Waals surface area (Å²) in [5.74, 6) is 0.479. The second-order valence-corrected chi connectivity index (χ2v) is 3.46. The average Bonchev–Trinajstić information content (AvgIpc) is 2.00. The summed E-state index contributed by atoms with van der Waals surface area (Å²) in [5.41, 5.74) is 0. The van der Waals surface area contributed by atoms with Gasteiger partial charge < -0.3 is 4.74 Å². The molecule has 2 heteroatoms. The molecule has 0 N–H and O–H groups in total. The Morgan fingerprint density at radius 1 is 1.42 bits per heavy atom. The van der Waals surface area contributed by atoms with E-state index in [9.17, 15) is 4.79 Å². The van der Waals surface area contributed by atoms with Crippen LogP contribution in [0, 0.1) is 12.3 Å². The smallest absolute Gasteiger partial charge is 0.306 e. The fourth-order valence-corrected chi connectivity index (χ4v) is 0.741. The van der Waals surface area contributed by atoms with Crippen molar-refractivity contribution in [2.75, 3.05) is 0 Å². The maximum atomic E-state index is 11.1. The molecule has 0 aliphatic heterocycles. The molecule has 0 rings (SSSR count). The van der Waals surface area contributed by atoms with Gasteiger partial charge in [-0.05, 0) is 25.7 Å². The lowest BCUT2D eigenvalue weighted by molar-refractivity contribution is -0.147. The topological polar surface area (TPSA) is 26.3 Å². The highest BCUT2D eigenvalue weighted by molar-refractivity contribution is 5.69. The van der Waals surface area contributed by atoms with Crippen molar-refractivity contribution in [3.05, 3.63) is 6.42 Å². The monoisotopic (exact) mass is 171 g/mol. The minimum absolute atomic E-state index is 0.0512. The van der Waals surface area contributed by atoms with Crippen LogP contribution in [0.4, 0.5) is 0 Å². The normalized spacial score (nSPS) is 13.1. The summed E-state index contributed by atoms with van der Waals surface area (Å²) >= 11 is 0. The number of hydrogen-bond acceptors (Lipinski definition) is 2. The summed E-state index contributed by atoms with van der Waals surface area (Å²) in [6.45, 7) is 7.96. The highest BCUT2D eigenvalue weighted by Crippen LogP contribution is 2.06. The van der Waals surface area contributed by atoms with Gasteiger partial charge in [0.15, 0.2) is 0 Å². The lowest BCUT2D eigenvalue weighted by atomic mass is 10.1. The minimum atomic E-state index is -0.0886. The SMILES string of the molecule is C[CH]C(C)OC(=O)CCC(C)C. The molecule has 0 aromatic carbocycles. The van der Waals surface area contributed by atoms with Crippen molar-refractivity contribution < 1.29 is 9.53 Å². The Morgan fingerprint density at radius 3 is 2.42 bits per heavy atom. The summed E-state index contributed by atoms with van der Waals surface area (Å²) in [4.78, 5) is 11.1. The molecule has 12 heavy (non-hydrogen) atoms. The summed E-state index contributed by atoms with van der Waals surface area (Å²) < 4.78 is 5.06. The highest BCUT2D eigenvalue weighted by atomic mass is 16.5. The van der Waals surface area contributed by atoms with Crippen LogP contribution in [0.15, 0.2) is 0 Å². The predicted molar refractivity (Wildman–Crippen MR) is 49.6 cm³/mol. The molecule has 0 fully saturated rings. The zero-order valence-corrected chi connectivity index (χ0v) is 8.46. The van der Waals surface area contributed by atoms with Crippen LogP contribution in [0.5, 0.6) is 0 Å². The Hall–Kier alpha value is -0.530. The van der Waals surface area contributed by atoms with E-state index in [1.54, 1.807) is 0 Å². The molecule has 0 aliphatic rings.